The topological polar surface area (TPSA) is 105 Å². The first kappa shape index (κ1) is 16.2. The number of nitrogens with zero attached hydrogens (tertiary/aromatic N) is 2. The van der Waals surface area contributed by atoms with Crippen molar-refractivity contribution >= 4 is 17.3 Å². The Labute approximate surface area is 127 Å². The Morgan fingerprint density at radius 1 is 1.41 bits per heavy atom. The summed E-state index contributed by atoms with van der Waals surface area (Å²) >= 11 is 0. The highest BCUT2D eigenvalue weighted by molar-refractivity contribution is 5.95. The van der Waals surface area contributed by atoms with E-state index < -0.39 is 10.9 Å². The highest BCUT2D eigenvalue weighted by atomic mass is 16.6. The first-order chi connectivity index (χ1) is 10.6. The van der Waals surface area contributed by atoms with Gasteiger partial charge in [-0.2, -0.15) is 0 Å². The minimum absolute atomic E-state index is 0.0828. The standard InChI is InChI=1S/C14H19N3O5/c18-14(19)12-10-11(17(20)21)2-3-13(12)15-4-1-5-16-6-8-22-9-7-16/h2-3,10,15H,1,4-9H2,(H,18,19). The molecule has 2 rings (SSSR count). The molecule has 0 spiro atoms. The summed E-state index contributed by atoms with van der Waals surface area (Å²) in [6.07, 6.45) is 0.857. The Morgan fingerprint density at radius 2 is 2.14 bits per heavy atom. The Kier molecular flexibility index (Phi) is 5.68. The predicted octanol–water partition coefficient (Wildman–Crippen LogP) is 1.43. The summed E-state index contributed by atoms with van der Waals surface area (Å²) in [4.78, 5) is 23.6. The van der Waals surface area contributed by atoms with E-state index in [1.807, 2.05) is 0 Å². The number of carboxylic acids is 1. The van der Waals surface area contributed by atoms with Gasteiger partial charge in [-0.05, 0) is 19.0 Å². The lowest BCUT2D eigenvalue weighted by molar-refractivity contribution is -0.384. The maximum absolute atomic E-state index is 11.2. The molecule has 1 saturated heterocycles. The van der Waals surface area contributed by atoms with Crippen LogP contribution in [0.2, 0.25) is 0 Å². The number of anilines is 1. The lowest BCUT2D eigenvalue weighted by Gasteiger charge is -2.26. The van der Waals surface area contributed by atoms with Crippen molar-refractivity contribution in [2.75, 3.05) is 44.7 Å². The van der Waals surface area contributed by atoms with Gasteiger partial charge in [0.25, 0.3) is 5.69 Å². The Balaban J connectivity index is 1.88. The molecule has 0 bridgehead atoms. The molecule has 1 aromatic rings. The predicted molar refractivity (Wildman–Crippen MR) is 80.4 cm³/mol. The van der Waals surface area contributed by atoms with E-state index in [1.165, 1.54) is 12.1 Å². The number of rotatable bonds is 7. The molecule has 1 fully saturated rings. The molecule has 120 valence electrons. The second-order valence-corrected chi connectivity index (χ2v) is 5.03. The summed E-state index contributed by atoms with van der Waals surface area (Å²) in [5, 5.41) is 22.9. The first-order valence-corrected chi connectivity index (χ1v) is 7.13. The van der Waals surface area contributed by atoms with Gasteiger partial charge < -0.3 is 15.2 Å². The third-order valence-corrected chi connectivity index (χ3v) is 3.51. The van der Waals surface area contributed by atoms with Crippen LogP contribution in [0, 0.1) is 10.1 Å². The van der Waals surface area contributed by atoms with Gasteiger partial charge in [0.15, 0.2) is 0 Å². The van der Waals surface area contributed by atoms with Crippen LogP contribution in [0.1, 0.15) is 16.8 Å². The number of nitro groups is 1. The number of carbonyl (C=O) groups is 1. The lowest BCUT2D eigenvalue weighted by atomic mass is 10.1. The number of aromatic carboxylic acids is 1. The summed E-state index contributed by atoms with van der Waals surface area (Å²) in [6, 6.07) is 3.82. The normalized spacial score (nSPS) is 15.5. The van der Waals surface area contributed by atoms with Crippen molar-refractivity contribution in [3.63, 3.8) is 0 Å². The van der Waals surface area contributed by atoms with E-state index >= 15 is 0 Å². The molecule has 0 amide bonds. The molecule has 0 radical (unpaired) electrons. The monoisotopic (exact) mass is 309 g/mol. The molecule has 8 heteroatoms. The van der Waals surface area contributed by atoms with Gasteiger partial charge in [-0.3, -0.25) is 15.0 Å². The quantitative estimate of drug-likeness (QED) is 0.446. The number of nitrogens with one attached hydrogen (secondary N) is 1. The Hall–Kier alpha value is -2.19. The first-order valence-electron chi connectivity index (χ1n) is 7.13. The van der Waals surface area contributed by atoms with E-state index in [1.54, 1.807) is 0 Å². The van der Waals surface area contributed by atoms with Crippen LogP contribution < -0.4 is 5.32 Å². The minimum atomic E-state index is -1.18. The molecule has 0 saturated carbocycles. The molecule has 1 aliphatic rings. The third-order valence-electron chi connectivity index (χ3n) is 3.51. The molecular weight excluding hydrogens is 290 g/mol. The number of non-ortho nitro benzene ring substituents is 1. The average molecular weight is 309 g/mol. The summed E-state index contributed by atoms with van der Waals surface area (Å²) < 4.78 is 5.27. The molecule has 2 N–H and O–H groups in total. The highest BCUT2D eigenvalue weighted by Gasteiger charge is 2.16. The minimum Gasteiger partial charge on any atom is -0.478 e. The van der Waals surface area contributed by atoms with Gasteiger partial charge in [0.05, 0.1) is 23.7 Å². The van der Waals surface area contributed by atoms with Crippen LogP contribution in [0.4, 0.5) is 11.4 Å². The van der Waals surface area contributed by atoms with Crippen LogP contribution in [-0.4, -0.2) is 60.3 Å². The molecule has 0 unspecified atom stereocenters. The molecule has 1 aromatic carbocycles. The summed E-state index contributed by atoms with van der Waals surface area (Å²) in [6.45, 7) is 4.84. The summed E-state index contributed by atoms with van der Waals surface area (Å²) in [7, 11) is 0. The summed E-state index contributed by atoms with van der Waals surface area (Å²) in [5.74, 6) is -1.18. The zero-order valence-electron chi connectivity index (χ0n) is 12.2. The molecule has 0 atom stereocenters. The smallest absolute Gasteiger partial charge is 0.338 e. The summed E-state index contributed by atoms with van der Waals surface area (Å²) in [5.41, 5.74) is 0.0944. The van der Waals surface area contributed by atoms with Crippen molar-refractivity contribution in [1.29, 1.82) is 0 Å². The van der Waals surface area contributed by atoms with E-state index in [0.29, 0.717) is 12.2 Å². The third kappa shape index (κ3) is 4.40. The largest absolute Gasteiger partial charge is 0.478 e. The van der Waals surface area contributed by atoms with Crippen LogP contribution in [0.5, 0.6) is 0 Å². The zero-order chi connectivity index (χ0) is 15.9. The molecule has 1 heterocycles. The average Bonchev–Trinajstić information content (AvgIpc) is 2.52. The fourth-order valence-corrected chi connectivity index (χ4v) is 2.33. The van der Waals surface area contributed by atoms with E-state index in [-0.39, 0.29) is 11.3 Å². The fraction of sp³-hybridized carbons (Fsp3) is 0.500. The van der Waals surface area contributed by atoms with Crippen molar-refractivity contribution in [1.82, 2.24) is 4.90 Å². The van der Waals surface area contributed by atoms with E-state index in [9.17, 15) is 14.9 Å². The number of benzene rings is 1. The molecule has 1 aliphatic heterocycles. The maximum Gasteiger partial charge on any atom is 0.338 e. The highest BCUT2D eigenvalue weighted by Crippen LogP contribution is 2.22. The number of ether oxygens (including phenoxy) is 1. The number of carboxylic acid groups (broad SMARTS) is 1. The lowest BCUT2D eigenvalue weighted by Crippen LogP contribution is -2.37. The van der Waals surface area contributed by atoms with Gasteiger partial charge in [-0.1, -0.05) is 0 Å². The van der Waals surface area contributed by atoms with Crippen molar-refractivity contribution in [3.8, 4) is 0 Å². The van der Waals surface area contributed by atoms with Crippen LogP contribution in [-0.2, 0) is 4.74 Å². The van der Waals surface area contributed by atoms with E-state index in [4.69, 9.17) is 9.84 Å². The number of hydrogen-bond donors (Lipinski definition) is 2. The van der Waals surface area contributed by atoms with Crippen LogP contribution in [0.3, 0.4) is 0 Å². The van der Waals surface area contributed by atoms with Crippen LogP contribution >= 0.6 is 0 Å². The van der Waals surface area contributed by atoms with Gasteiger partial charge in [-0.25, -0.2) is 4.79 Å². The van der Waals surface area contributed by atoms with Gasteiger partial charge in [0.1, 0.15) is 0 Å². The van der Waals surface area contributed by atoms with Gasteiger partial charge in [0.2, 0.25) is 0 Å². The SMILES string of the molecule is O=C(O)c1cc([N+](=O)[O-])ccc1NCCCN1CCOCC1. The Morgan fingerprint density at radius 3 is 2.77 bits per heavy atom. The number of hydrogen-bond acceptors (Lipinski definition) is 6. The van der Waals surface area contributed by atoms with Gasteiger partial charge in [-0.15, -0.1) is 0 Å². The van der Waals surface area contributed by atoms with Gasteiger partial charge in [0, 0.05) is 37.5 Å². The molecular formula is C14H19N3O5. The molecule has 0 aliphatic carbocycles. The van der Waals surface area contributed by atoms with Crippen molar-refractivity contribution in [3.05, 3.63) is 33.9 Å². The van der Waals surface area contributed by atoms with Crippen molar-refractivity contribution in [2.24, 2.45) is 0 Å². The molecule has 0 aromatic heterocycles. The molecule has 8 nitrogen and oxygen atoms in total. The van der Waals surface area contributed by atoms with Crippen LogP contribution in [0.25, 0.3) is 0 Å². The number of morpholine rings is 1. The fourth-order valence-electron chi connectivity index (χ4n) is 2.33. The van der Waals surface area contributed by atoms with E-state index in [2.05, 4.69) is 10.2 Å². The Bertz CT molecular complexity index is 543. The second kappa shape index (κ2) is 7.71. The number of nitro benzene ring substituents is 1. The maximum atomic E-state index is 11.2. The molecule has 22 heavy (non-hydrogen) atoms. The van der Waals surface area contributed by atoms with Gasteiger partial charge >= 0.3 is 5.97 Å². The second-order valence-electron chi connectivity index (χ2n) is 5.03. The van der Waals surface area contributed by atoms with Crippen molar-refractivity contribution < 1.29 is 19.6 Å². The van der Waals surface area contributed by atoms with Crippen molar-refractivity contribution in [2.45, 2.75) is 6.42 Å². The zero-order valence-corrected chi connectivity index (χ0v) is 12.2. The van der Waals surface area contributed by atoms with Crippen LogP contribution in [0.15, 0.2) is 18.2 Å². The van der Waals surface area contributed by atoms with E-state index in [0.717, 1.165) is 45.3 Å².